The van der Waals surface area contributed by atoms with Gasteiger partial charge in [-0.1, -0.05) is 6.92 Å². The second-order valence-corrected chi connectivity index (χ2v) is 5.35. The SMILES string of the molecule is CC1CCNCC1NC(=O)c1ccc(-n2cnnn2)cc1. The van der Waals surface area contributed by atoms with E-state index in [4.69, 9.17) is 0 Å². The number of aromatic nitrogens is 4. The Labute approximate surface area is 122 Å². The van der Waals surface area contributed by atoms with Crippen molar-refractivity contribution < 1.29 is 4.79 Å². The van der Waals surface area contributed by atoms with E-state index in [2.05, 4.69) is 33.1 Å². The fourth-order valence-corrected chi connectivity index (χ4v) is 2.48. The minimum atomic E-state index is -0.0428. The van der Waals surface area contributed by atoms with E-state index in [9.17, 15) is 4.79 Å². The minimum absolute atomic E-state index is 0.0428. The fourth-order valence-electron chi connectivity index (χ4n) is 2.48. The minimum Gasteiger partial charge on any atom is -0.348 e. The van der Waals surface area contributed by atoms with Crippen LogP contribution in [0.15, 0.2) is 30.6 Å². The molecular formula is C14H18N6O. The molecule has 2 atom stereocenters. The van der Waals surface area contributed by atoms with Gasteiger partial charge in [-0.25, -0.2) is 4.68 Å². The predicted octanol–water partition coefficient (Wildman–Crippen LogP) is 0.390. The molecule has 7 nitrogen and oxygen atoms in total. The van der Waals surface area contributed by atoms with Crippen LogP contribution in [0.2, 0.25) is 0 Å². The van der Waals surface area contributed by atoms with Crippen LogP contribution in [-0.2, 0) is 0 Å². The number of hydrogen-bond acceptors (Lipinski definition) is 5. The van der Waals surface area contributed by atoms with Gasteiger partial charge in [0.15, 0.2) is 0 Å². The predicted molar refractivity (Wildman–Crippen MR) is 77.1 cm³/mol. The van der Waals surface area contributed by atoms with Crippen LogP contribution in [0.1, 0.15) is 23.7 Å². The molecule has 1 fully saturated rings. The maximum absolute atomic E-state index is 12.3. The number of nitrogens with zero attached hydrogens (tertiary/aromatic N) is 4. The molecule has 1 aromatic heterocycles. The maximum Gasteiger partial charge on any atom is 0.251 e. The first-order valence-corrected chi connectivity index (χ1v) is 7.09. The van der Waals surface area contributed by atoms with Gasteiger partial charge in [-0.2, -0.15) is 0 Å². The van der Waals surface area contributed by atoms with E-state index in [1.54, 1.807) is 16.8 Å². The number of tetrazole rings is 1. The Hall–Kier alpha value is -2.28. The van der Waals surface area contributed by atoms with Crippen molar-refractivity contribution >= 4 is 5.91 Å². The van der Waals surface area contributed by atoms with Gasteiger partial charge in [0.2, 0.25) is 0 Å². The number of hydrogen-bond donors (Lipinski definition) is 2. The van der Waals surface area contributed by atoms with Crippen LogP contribution in [0, 0.1) is 5.92 Å². The number of nitrogens with one attached hydrogen (secondary N) is 2. The molecule has 7 heteroatoms. The molecule has 110 valence electrons. The van der Waals surface area contributed by atoms with Crippen molar-refractivity contribution in [3.63, 3.8) is 0 Å². The van der Waals surface area contributed by atoms with Gasteiger partial charge in [-0.15, -0.1) is 5.10 Å². The molecule has 21 heavy (non-hydrogen) atoms. The van der Waals surface area contributed by atoms with E-state index in [1.165, 1.54) is 6.33 Å². The molecule has 1 aliphatic rings. The number of carbonyl (C=O) groups is 1. The lowest BCUT2D eigenvalue weighted by Gasteiger charge is -2.30. The maximum atomic E-state index is 12.3. The highest BCUT2D eigenvalue weighted by molar-refractivity contribution is 5.94. The zero-order valence-corrected chi connectivity index (χ0v) is 11.9. The van der Waals surface area contributed by atoms with Crippen molar-refractivity contribution in [1.29, 1.82) is 0 Å². The summed E-state index contributed by atoms with van der Waals surface area (Å²) in [6.07, 6.45) is 2.60. The second-order valence-electron chi connectivity index (χ2n) is 5.35. The number of amides is 1. The summed E-state index contributed by atoms with van der Waals surface area (Å²) >= 11 is 0. The third-order valence-electron chi connectivity index (χ3n) is 3.89. The third-order valence-corrected chi connectivity index (χ3v) is 3.89. The number of piperidine rings is 1. The monoisotopic (exact) mass is 286 g/mol. The van der Waals surface area contributed by atoms with Crippen LogP contribution in [0.5, 0.6) is 0 Å². The summed E-state index contributed by atoms with van der Waals surface area (Å²) in [4.78, 5) is 12.3. The van der Waals surface area contributed by atoms with E-state index in [1.807, 2.05) is 12.1 Å². The van der Waals surface area contributed by atoms with E-state index < -0.39 is 0 Å². The average molecular weight is 286 g/mol. The molecule has 2 unspecified atom stereocenters. The van der Waals surface area contributed by atoms with Crippen LogP contribution in [0.25, 0.3) is 5.69 Å². The Morgan fingerprint density at radius 2 is 2.19 bits per heavy atom. The number of rotatable bonds is 3. The highest BCUT2D eigenvalue weighted by Crippen LogP contribution is 2.13. The van der Waals surface area contributed by atoms with Gasteiger partial charge in [0, 0.05) is 18.2 Å². The van der Waals surface area contributed by atoms with Crippen molar-refractivity contribution in [2.24, 2.45) is 5.92 Å². The lowest BCUT2D eigenvalue weighted by Crippen LogP contribution is -2.50. The molecule has 1 amide bonds. The van der Waals surface area contributed by atoms with Gasteiger partial charge < -0.3 is 10.6 Å². The van der Waals surface area contributed by atoms with Gasteiger partial charge in [-0.05, 0) is 53.6 Å². The zero-order chi connectivity index (χ0) is 14.7. The molecule has 1 aliphatic heterocycles. The highest BCUT2D eigenvalue weighted by atomic mass is 16.1. The first-order chi connectivity index (χ1) is 10.2. The number of carbonyl (C=O) groups excluding carboxylic acids is 1. The first kappa shape index (κ1) is 13.7. The normalized spacial score (nSPS) is 22.0. The first-order valence-electron chi connectivity index (χ1n) is 7.09. The van der Waals surface area contributed by atoms with Crippen molar-refractivity contribution in [2.75, 3.05) is 13.1 Å². The Morgan fingerprint density at radius 1 is 1.38 bits per heavy atom. The molecule has 2 heterocycles. The number of benzene rings is 1. The second kappa shape index (κ2) is 6.01. The fraction of sp³-hybridized carbons (Fsp3) is 0.429. The summed E-state index contributed by atoms with van der Waals surface area (Å²) < 4.78 is 1.55. The Bertz CT molecular complexity index is 594. The summed E-state index contributed by atoms with van der Waals surface area (Å²) in [5.41, 5.74) is 1.47. The standard InChI is InChI=1S/C14H18N6O/c1-10-6-7-15-8-13(10)17-14(21)11-2-4-12(5-3-11)20-9-16-18-19-20/h2-5,9-10,13,15H,6-8H2,1H3,(H,17,21). The van der Waals surface area contributed by atoms with Crippen LogP contribution >= 0.6 is 0 Å². The van der Waals surface area contributed by atoms with Crippen molar-refractivity contribution in [1.82, 2.24) is 30.8 Å². The van der Waals surface area contributed by atoms with E-state index in [0.717, 1.165) is 25.2 Å². The van der Waals surface area contributed by atoms with Gasteiger partial charge in [0.05, 0.1) is 5.69 Å². The largest absolute Gasteiger partial charge is 0.348 e. The molecule has 0 saturated carbocycles. The molecule has 2 aromatic rings. The Morgan fingerprint density at radius 3 is 2.86 bits per heavy atom. The van der Waals surface area contributed by atoms with Gasteiger partial charge >= 0.3 is 0 Å². The molecule has 1 aromatic carbocycles. The molecule has 1 saturated heterocycles. The molecule has 0 radical (unpaired) electrons. The topological polar surface area (TPSA) is 84.7 Å². The quantitative estimate of drug-likeness (QED) is 0.852. The average Bonchev–Trinajstić information content (AvgIpc) is 3.04. The molecule has 0 spiro atoms. The molecular weight excluding hydrogens is 268 g/mol. The van der Waals surface area contributed by atoms with Crippen LogP contribution in [0.4, 0.5) is 0 Å². The highest BCUT2D eigenvalue weighted by Gasteiger charge is 2.22. The summed E-state index contributed by atoms with van der Waals surface area (Å²) in [5, 5.41) is 17.4. The van der Waals surface area contributed by atoms with E-state index >= 15 is 0 Å². The summed E-state index contributed by atoms with van der Waals surface area (Å²) in [5.74, 6) is 0.453. The van der Waals surface area contributed by atoms with Crippen molar-refractivity contribution in [3.05, 3.63) is 36.2 Å². The molecule has 0 aliphatic carbocycles. The summed E-state index contributed by atoms with van der Waals surface area (Å²) in [6, 6.07) is 7.41. The van der Waals surface area contributed by atoms with E-state index in [0.29, 0.717) is 11.5 Å². The van der Waals surface area contributed by atoms with Gasteiger partial charge in [0.1, 0.15) is 6.33 Å². The Balaban J connectivity index is 1.67. The van der Waals surface area contributed by atoms with Crippen LogP contribution in [-0.4, -0.2) is 45.2 Å². The molecule has 3 rings (SSSR count). The summed E-state index contributed by atoms with van der Waals surface area (Å²) in [7, 11) is 0. The van der Waals surface area contributed by atoms with Crippen molar-refractivity contribution in [3.8, 4) is 5.69 Å². The van der Waals surface area contributed by atoms with Crippen LogP contribution in [0.3, 0.4) is 0 Å². The lowest BCUT2D eigenvalue weighted by atomic mass is 9.94. The Kier molecular flexibility index (Phi) is 3.92. The molecule has 0 bridgehead atoms. The third kappa shape index (κ3) is 3.08. The van der Waals surface area contributed by atoms with Crippen LogP contribution < -0.4 is 10.6 Å². The summed E-state index contributed by atoms with van der Waals surface area (Å²) in [6.45, 7) is 4.02. The van der Waals surface area contributed by atoms with E-state index in [-0.39, 0.29) is 11.9 Å². The zero-order valence-electron chi connectivity index (χ0n) is 11.9. The molecule has 2 N–H and O–H groups in total. The van der Waals surface area contributed by atoms with Gasteiger partial charge in [0.25, 0.3) is 5.91 Å². The lowest BCUT2D eigenvalue weighted by molar-refractivity contribution is 0.0915. The smallest absolute Gasteiger partial charge is 0.251 e. The van der Waals surface area contributed by atoms with Crippen molar-refractivity contribution in [2.45, 2.75) is 19.4 Å². The van der Waals surface area contributed by atoms with Gasteiger partial charge in [-0.3, -0.25) is 4.79 Å².